The molecule has 0 aliphatic rings. The fraction of sp³-hybridized carbons (Fsp3) is 0.235. The number of nitrogens with one attached hydrogen (secondary N) is 1. The van der Waals surface area contributed by atoms with Gasteiger partial charge >= 0.3 is 6.18 Å². The monoisotopic (exact) mass is 397 g/mol. The van der Waals surface area contributed by atoms with Crippen molar-refractivity contribution in [2.45, 2.75) is 25.7 Å². The Morgan fingerprint density at radius 3 is 2.48 bits per heavy atom. The van der Waals surface area contributed by atoms with Crippen molar-refractivity contribution in [2.24, 2.45) is 0 Å². The van der Waals surface area contributed by atoms with Gasteiger partial charge in [0.2, 0.25) is 0 Å². The normalized spacial score (nSPS) is 13.0. The summed E-state index contributed by atoms with van der Waals surface area (Å²) in [4.78, 5) is 7.87. The molecule has 0 bridgehead atoms. The van der Waals surface area contributed by atoms with Crippen LogP contribution in [0.1, 0.15) is 25.4 Å². The van der Waals surface area contributed by atoms with Gasteiger partial charge in [0.1, 0.15) is 11.2 Å². The highest BCUT2D eigenvalue weighted by Crippen LogP contribution is 2.35. The number of nitrogens with zero attached hydrogens (tertiary/aromatic N) is 4. The van der Waals surface area contributed by atoms with E-state index in [1.807, 2.05) is 0 Å². The van der Waals surface area contributed by atoms with Crippen LogP contribution in [0.15, 0.2) is 30.5 Å². The molecule has 3 heterocycles. The molecule has 0 amide bonds. The van der Waals surface area contributed by atoms with Crippen LogP contribution in [0.25, 0.3) is 27.8 Å². The van der Waals surface area contributed by atoms with Gasteiger partial charge in [-0.2, -0.15) is 18.3 Å². The van der Waals surface area contributed by atoms with Crippen LogP contribution in [0.3, 0.4) is 0 Å². The molecule has 0 saturated carbocycles. The molecule has 3 aromatic heterocycles. The van der Waals surface area contributed by atoms with E-state index in [1.54, 1.807) is 6.07 Å². The largest absolute Gasteiger partial charge is 0.433 e. The Balaban J connectivity index is 2.09. The smallest absolute Gasteiger partial charge is 0.278 e. The van der Waals surface area contributed by atoms with E-state index in [-0.39, 0.29) is 22.0 Å². The Kier molecular flexibility index (Phi) is 3.71. The van der Waals surface area contributed by atoms with Crippen molar-refractivity contribution < 1.29 is 17.6 Å². The van der Waals surface area contributed by atoms with Gasteiger partial charge in [0, 0.05) is 5.39 Å². The molecule has 1 N–H and O–H groups in total. The molecule has 1 aromatic carbocycles. The lowest BCUT2D eigenvalue weighted by Gasteiger charge is -2.17. The third-order valence-corrected chi connectivity index (χ3v) is 4.37. The fourth-order valence-electron chi connectivity index (χ4n) is 2.89. The first-order valence-corrected chi connectivity index (χ1v) is 8.22. The molecule has 5 nitrogen and oxygen atoms in total. The molecule has 140 valence electrons. The van der Waals surface area contributed by atoms with E-state index < -0.39 is 17.5 Å². The van der Waals surface area contributed by atoms with Gasteiger partial charge in [-0.15, -0.1) is 0 Å². The number of imidazole rings is 1. The summed E-state index contributed by atoms with van der Waals surface area (Å²) in [5, 5.41) is 7.53. The molecular formula is C17H12ClF4N5. The van der Waals surface area contributed by atoms with Crippen molar-refractivity contribution in [3.8, 4) is 5.69 Å². The summed E-state index contributed by atoms with van der Waals surface area (Å²) in [7, 11) is 0. The number of aromatic nitrogens is 5. The lowest BCUT2D eigenvalue weighted by atomic mass is 10.1. The van der Waals surface area contributed by atoms with Crippen molar-refractivity contribution in [1.29, 1.82) is 0 Å². The minimum atomic E-state index is -4.64. The first-order valence-electron chi connectivity index (χ1n) is 7.85. The highest BCUT2D eigenvalue weighted by atomic mass is 35.5. The molecule has 0 fully saturated rings. The minimum absolute atomic E-state index is 0.0803. The van der Waals surface area contributed by atoms with E-state index in [2.05, 4.69) is 20.2 Å². The minimum Gasteiger partial charge on any atom is -0.278 e. The number of hydrogen-bond donors (Lipinski definition) is 1. The quantitative estimate of drug-likeness (QED) is 0.474. The van der Waals surface area contributed by atoms with Crippen LogP contribution in [0.5, 0.6) is 0 Å². The number of rotatable bonds is 2. The number of fused-ring (bicyclic) bond motifs is 2. The number of H-pyrrole nitrogens is 1. The molecular weight excluding hydrogens is 386 g/mol. The maximum atomic E-state index is 14.8. The van der Waals surface area contributed by atoms with Crippen LogP contribution in [0, 0.1) is 0 Å². The van der Waals surface area contributed by atoms with Crippen LogP contribution in [0.2, 0.25) is 5.02 Å². The average molecular weight is 398 g/mol. The third-order valence-electron chi connectivity index (χ3n) is 4.07. The van der Waals surface area contributed by atoms with Crippen LogP contribution < -0.4 is 0 Å². The molecule has 10 heteroatoms. The second-order valence-corrected chi connectivity index (χ2v) is 6.95. The molecule has 0 saturated heterocycles. The van der Waals surface area contributed by atoms with Crippen LogP contribution in [-0.4, -0.2) is 24.7 Å². The molecule has 0 spiro atoms. The van der Waals surface area contributed by atoms with Crippen molar-refractivity contribution in [2.75, 3.05) is 0 Å². The Bertz CT molecular complexity index is 1170. The van der Waals surface area contributed by atoms with E-state index in [0.717, 1.165) is 6.07 Å². The number of aromatic amines is 1. The average Bonchev–Trinajstić information content (AvgIpc) is 3.17. The standard InChI is InChI=1S/C17H12ClF4N5/c1-16(2,19)15-24-11-3-4-12(17(20,21)22)25-14(11)27(15)9-5-8-7-23-26-13(8)10(18)6-9/h3-7H,1-2H3,(H,23,26). The molecule has 0 atom stereocenters. The summed E-state index contributed by atoms with van der Waals surface area (Å²) >= 11 is 6.24. The highest BCUT2D eigenvalue weighted by Gasteiger charge is 2.34. The van der Waals surface area contributed by atoms with Gasteiger partial charge in [-0.1, -0.05) is 11.6 Å². The third kappa shape index (κ3) is 2.91. The van der Waals surface area contributed by atoms with Gasteiger partial charge in [0.25, 0.3) is 0 Å². The first-order chi connectivity index (χ1) is 12.6. The Morgan fingerprint density at radius 1 is 1.07 bits per heavy atom. The van der Waals surface area contributed by atoms with E-state index in [0.29, 0.717) is 16.6 Å². The van der Waals surface area contributed by atoms with Gasteiger partial charge < -0.3 is 0 Å². The number of hydrogen-bond acceptors (Lipinski definition) is 3. The lowest BCUT2D eigenvalue weighted by molar-refractivity contribution is -0.141. The number of pyridine rings is 1. The lowest BCUT2D eigenvalue weighted by Crippen LogP contribution is -2.17. The van der Waals surface area contributed by atoms with E-state index in [9.17, 15) is 17.6 Å². The second kappa shape index (κ2) is 5.66. The topological polar surface area (TPSA) is 59.4 Å². The molecule has 0 radical (unpaired) electrons. The van der Waals surface area contributed by atoms with Crippen molar-refractivity contribution in [1.82, 2.24) is 24.7 Å². The number of alkyl halides is 4. The van der Waals surface area contributed by atoms with Crippen LogP contribution >= 0.6 is 11.6 Å². The predicted molar refractivity (Wildman–Crippen MR) is 92.7 cm³/mol. The maximum Gasteiger partial charge on any atom is 0.433 e. The summed E-state index contributed by atoms with van der Waals surface area (Å²) in [5.41, 5.74) is -2.08. The SMILES string of the molecule is CC(C)(F)c1nc2ccc(C(F)(F)F)nc2n1-c1cc(Cl)c2[nH]ncc2c1. The second-order valence-electron chi connectivity index (χ2n) is 6.54. The van der Waals surface area contributed by atoms with Crippen molar-refractivity contribution in [3.05, 3.63) is 47.0 Å². The molecule has 0 aliphatic carbocycles. The summed E-state index contributed by atoms with van der Waals surface area (Å²) < 4.78 is 55.4. The van der Waals surface area contributed by atoms with Crippen LogP contribution in [0.4, 0.5) is 17.6 Å². The Labute approximate surface area is 155 Å². The summed E-state index contributed by atoms with van der Waals surface area (Å²) in [6, 6.07) is 5.12. The van der Waals surface area contributed by atoms with Gasteiger partial charge in [-0.3, -0.25) is 9.67 Å². The number of benzene rings is 1. The molecule has 4 rings (SSSR count). The first kappa shape index (κ1) is 17.7. The van der Waals surface area contributed by atoms with E-state index in [1.165, 1.54) is 36.7 Å². The van der Waals surface area contributed by atoms with Crippen molar-refractivity contribution >= 4 is 33.7 Å². The van der Waals surface area contributed by atoms with Gasteiger partial charge in [0.15, 0.2) is 17.1 Å². The summed E-state index contributed by atoms with van der Waals surface area (Å²) in [5.74, 6) is -0.0803. The molecule has 27 heavy (non-hydrogen) atoms. The zero-order valence-corrected chi connectivity index (χ0v) is 14.8. The Morgan fingerprint density at radius 2 is 1.81 bits per heavy atom. The predicted octanol–water partition coefficient (Wildman–Crippen LogP) is 5.17. The molecule has 4 aromatic rings. The van der Waals surface area contributed by atoms with Gasteiger partial charge in [-0.25, -0.2) is 14.4 Å². The number of halogens is 5. The summed E-state index contributed by atoms with van der Waals surface area (Å²) in [6.45, 7) is 2.54. The molecule has 0 aliphatic heterocycles. The zero-order chi connectivity index (χ0) is 19.6. The van der Waals surface area contributed by atoms with Gasteiger partial charge in [-0.05, 0) is 38.1 Å². The highest BCUT2D eigenvalue weighted by molar-refractivity contribution is 6.35. The van der Waals surface area contributed by atoms with Crippen LogP contribution in [-0.2, 0) is 11.8 Å². The maximum absolute atomic E-state index is 14.8. The van der Waals surface area contributed by atoms with E-state index in [4.69, 9.17) is 11.6 Å². The van der Waals surface area contributed by atoms with E-state index >= 15 is 0 Å². The van der Waals surface area contributed by atoms with Crippen molar-refractivity contribution in [3.63, 3.8) is 0 Å². The zero-order valence-electron chi connectivity index (χ0n) is 14.1. The fourth-order valence-corrected chi connectivity index (χ4v) is 3.15. The van der Waals surface area contributed by atoms with Gasteiger partial charge in [0.05, 0.1) is 22.4 Å². The summed E-state index contributed by atoms with van der Waals surface area (Å²) in [6.07, 6.45) is -3.13. The Hall–Kier alpha value is -2.68. The molecule has 0 unspecified atom stereocenters.